The van der Waals surface area contributed by atoms with E-state index < -0.39 is 0 Å². The van der Waals surface area contributed by atoms with Crippen LogP contribution in [0, 0.1) is 12.8 Å². The van der Waals surface area contributed by atoms with Gasteiger partial charge in [0.25, 0.3) is 0 Å². The van der Waals surface area contributed by atoms with E-state index in [0.29, 0.717) is 6.61 Å². The number of carbonyl (C=O) groups excluding carboxylic acids is 1. The Labute approximate surface area is 149 Å². The van der Waals surface area contributed by atoms with Crippen molar-refractivity contribution in [1.29, 1.82) is 0 Å². The molecule has 0 bridgehead atoms. The highest BCUT2D eigenvalue weighted by atomic mass is 35.5. The fourth-order valence-electron chi connectivity index (χ4n) is 2.72. The van der Waals surface area contributed by atoms with Crippen molar-refractivity contribution in [3.05, 3.63) is 59.7 Å². The quantitative estimate of drug-likeness (QED) is 0.870. The number of halogens is 1. The molecule has 3 rings (SSSR count). The van der Waals surface area contributed by atoms with Crippen LogP contribution < -0.4 is 15.4 Å². The Morgan fingerprint density at radius 3 is 2.71 bits per heavy atom. The molecule has 2 N–H and O–H groups in total. The lowest BCUT2D eigenvalue weighted by atomic mass is 10.1. The second kappa shape index (κ2) is 8.71. The molecule has 1 amide bonds. The minimum absolute atomic E-state index is 0. The molecule has 128 valence electrons. The number of hydrogen-bond donors (Lipinski definition) is 2. The molecule has 1 heterocycles. The van der Waals surface area contributed by atoms with Gasteiger partial charge in [-0.25, -0.2) is 0 Å². The van der Waals surface area contributed by atoms with Crippen molar-refractivity contribution >= 4 is 24.0 Å². The van der Waals surface area contributed by atoms with E-state index in [1.54, 1.807) is 0 Å². The number of benzene rings is 2. The van der Waals surface area contributed by atoms with Crippen LogP contribution >= 0.6 is 12.4 Å². The number of aryl methyl sites for hydroxylation is 1. The first kappa shape index (κ1) is 18.3. The maximum atomic E-state index is 12.2. The second-order valence-electron chi connectivity index (χ2n) is 5.93. The number of anilines is 1. The van der Waals surface area contributed by atoms with Crippen molar-refractivity contribution in [1.82, 2.24) is 5.32 Å². The van der Waals surface area contributed by atoms with Crippen LogP contribution in [0.2, 0.25) is 0 Å². The minimum Gasteiger partial charge on any atom is -0.489 e. The van der Waals surface area contributed by atoms with Crippen molar-refractivity contribution in [2.24, 2.45) is 5.92 Å². The van der Waals surface area contributed by atoms with Crippen LogP contribution in [-0.2, 0) is 11.4 Å². The van der Waals surface area contributed by atoms with Crippen molar-refractivity contribution in [3.8, 4) is 5.75 Å². The molecular formula is C19H23ClN2O2. The molecule has 4 nitrogen and oxygen atoms in total. The standard InChI is InChI=1S/C19H22N2O2.ClH/c1-14-11-17(23-13-15-5-3-2-4-6-15)7-8-18(14)21-19(22)16-9-10-20-12-16;/h2-8,11,16,20H,9-10,12-13H2,1H3,(H,21,22);1H. The van der Waals surface area contributed by atoms with Crippen LogP contribution in [0.1, 0.15) is 17.5 Å². The summed E-state index contributed by atoms with van der Waals surface area (Å²) >= 11 is 0. The van der Waals surface area contributed by atoms with Gasteiger partial charge >= 0.3 is 0 Å². The SMILES string of the molecule is Cc1cc(OCc2ccccc2)ccc1NC(=O)C1CCNC1.Cl. The Balaban J connectivity index is 0.00000208. The van der Waals surface area contributed by atoms with Gasteiger partial charge in [-0.3, -0.25) is 4.79 Å². The number of carbonyl (C=O) groups is 1. The Morgan fingerprint density at radius 2 is 2.04 bits per heavy atom. The van der Waals surface area contributed by atoms with Crippen LogP contribution in [0.15, 0.2) is 48.5 Å². The number of rotatable bonds is 5. The van der Waals surface area contributed by atoms with Crippen molar-refractivity contribution in [2.75, 3.05) is 18.4 Å². The monoisotopic (exact) mass is 346 g/mol. The van der Waals surface area contributed by atoms with Gasteiger partial charge in [-0.1, -0.05) is 30.3 Å². The minimum atomic E-state index is 0. The molecule has 0 aromatic heterocycles. The van der Waals surface area contributed by atoms with Gasteiger partial charge in [0.1, 0.15) is 12.4 Å². The van der Waals surface area contributed by atoms with E-state index in [9.17, 15) is 4.79 Å². The third-order valence-corrected chi connectivity index (χ3v) is 4.14. The van der Waals surface area contributed by atoms with E-state index >= 15 is 0 Å². The zero-order chi connectivity index (χ0) is 16.1. The smallest absolute Gasteiger partial charge is 0.228 e. The van der Waals surface area contributed by atoms with Gasteiger partial charge in [-0.05, 0) is 49.2 Å². The third kappa shape index (κ3) is 4.73. The maximum Gasteiger partial charge on any atom is 0.228 e. The summed E-state index contributed by atoms with van der Waals surface area (Å²) in [5.41, 5.74) is 3.00. The predicted molar refractivity (Wildman–Crippen MR) is 98.8 cm³/mol. The molecule has 0 aliphatic carbocycles. The summed E-state index contributed by atoms with van der Waals surface area (Å²) in [5, 5.41) is 6.23. The Bertz CT molecular complexity index is 670. The van der Waals surface area contributed by atoms with Crippen LogP contribution in [0.25, 0.3) is 0 Å². The molecule has 1 fully saturated rings. The van der Waals surface area contributed by atoms with Gasteiger partial charge < -0.3 is 15.4 Å². The van der Waals surface area contributed by atoms with E-state index in [4.69, 9.17) is 4.74 Å². The molecule has 0 saturated carbocycles. The van der Waals surface area contributed by atoms with Gasteiger partial charge in [0.2, 0.25) is 5.91 Å². The van der Waals surface area contributed by atoms with E-state index in [-0.39, 0.29) is 24.2 Å². The van der Waals surface area contributed by atoms with Crippen LogP contribution in [0.3, 0.4) is 0 Å². The Kier molecular flexibility index (Phi) is 6.64. The lowest BCUT2D eigenvalue weighted by molar-refractivity contribution is -0.119. The molecule has 1 unspecified atom stereocenters. The molecule has 2 aromatic carbocycles. The van der Waals surface area contributed by atoms with Gasteiger partial charge in [-0.15, -0.1) is 12.4 Å². The van der Waals surface area contributed by atoms with E-state index in [1.807, 2.05) is 55.5 Å². The maximum absolute atomic E-state index is 12.2. The summed E-state index contributed by atoms with van der Waals surface area (Å²) in [4.78, 5) is 12.2. The van der Waals surface area contributed by atoms with Gasteiger partial charge in [0, 0.05) is 12.2 Å². The van der Waals surface area contributed by atoms with E-state index in [2.05, 4.69) is 10.6 Å². The highest BCUT2D eigenvalue weighted by Gasteiger charge is 2.22. The Morgan fingerprint density at radius 1 is 1.25 bits per heavy atom. The lowest BCUT2D eigenvalue weighted by Crippen LogP contribution is -2.24. The van der Waals surface area contributed by atoms with Gasteiger partial charge in [0.05, 0.1) is 5.92 Å². The van der Waals surface area contributed by atoms with Crippen LogP contribution in [-0.4, -0.2) is 19.0 Å². The summed E-state index contributed by atoms with van der Waals surface area (Å²) in [6.45, 7) is 4.21. The molecule has 0 spiro atoms. The lowest BCUT2D eigenvalue weighted by Gasteiger charge is -2.13. The highest BCUT2D eigenvalue weighted by Crippen LogP contribution is 2.23. The summed E-state index contributed by atoms with van der Waals surface area (Å²) in [6.07, 6.45) is 0.906. The molecule has 1 saturated heterocycles. The van der Waals surface area contributed by atoms with Crippen molar-refractivity contribution < 1.29 is 9.53 Å². The molecule has 5 heteroatoms. The number of ether oxygens (including phenoxy) is 1. The van der Waals surface area contributed by atoms with Gasteiger partial charge in [0.15, 0.2) is 0 Å². The molecule has 1 aliphatic rings. The number of amides is 1. The average molecular weight is 347 g/mol. The van der Waals surface area contributed by atoms with E-state index in [1.165, 1.54) is 0 Å². The molecule has 1 aliphatic heterocycles. The third-order valence-electron chi connectivity index (χ3n) is 4.14. The number of hydrogen-bond acceptors (Lipinski definition) is 3. The van der Waals surface area contributed by atoms with E-state index in [0.717, 1.165) is 42.1 Å². The zero-order valence-corrected chi connectivity index (χ0v) is 14.6. The van der Waals surface area contributed by atoms with Crippen molar-refractivity contribution in [3.63, 3.8) is 0 Å². The Hall–Kier alpha value is -2.04. The number of nitrogens with one attached hydrogen (secondary N) is 2. The summed E-state index contributed by atoms with van der Waals surface area (Å²) < 4.78 is 5.81. The molecular weight excluding hydrogens is 324 g/mol. The topological polar surface area (TPSA) is 50.4 Å². The predicted octanol–water partition coefficient (Wildman–Crippen LogP) is 3.54. The zero-order valence-electron chi connectivity index (χ0n) is 13.7. The highest BCUT2D eigenvalue weighted by molar-refractivity contribution is 5.93. The molecule has 1 atom stereocenters. The first-order valence-electron chi connectivity index (χ1n) is 8.01. The molecule has 2 aromatic rings. The van der Waals surface area contributed by atoms with Crippen LogP contribution in [0.4, 0.5) is 5.69 Å². The summed E-state index contributed by atoms with van der Waals surface area (Å²) in [5.74, 6) is 0.978. The normalized spacial score (nSPS) is 16.3. The fraction of sp³-hybridized carbons (Fsp3) is 0.316. The molecule has 0 radical (unpaired) electrons. The fourth-order valence-corrected chi connectivity index (χ4v) is 2.72. The largest absolute Gasteiger partial charge is 0.489 e. The first-order valence-corrected chi connectivity index (χ1v) is 8.01. The second-order valence-corrected chi connectivity index (χ2v) is 5.93. The molecule has 24 heavy (non-hydrogen) atoms. The summed E-state index contributed by atoms with van der Waals surface area (Å²) in [7, 11) is 0. The van der Waals surface area contributed by atoms with Crippen molar-refractivity contribution in [2.45, 2.75) is 20.0 Å². The summed E-state index contributed by atoms with van der Waals surface area (Å²) in [6, 6.07) is 15.8. The van der Waals surface area contributed by atoms with Crippen LogP contribution in [0.5, 0.6) is 5.75 Å². The first-order chi connectivity index (χ1) is 11.2. The average Bonchev–Trinajstić information content (AvgIpc) is 3.11. The van der Waals surface area contributed by atoms with Gasteiger partial charge in [-0.2, -0.15) is 0 Å².